The Labute approximate surface area is 85.6 Å². The number of anilines is 1. The summed E-state index contributed by atoms with van der Waals surface area (Å²) in [6, 6.07) is 0. The molecule has 15 heavy (non-hydrogen) atoms. The van der Waals surface area contributed by atoms with Crippen LogP contribution >= 0.6 is 0 Å². The average molecular weight is 203 g/mol. The summed E-state index contributed by atoms with van der Waals surface area (Å²) in [6.45, 7) is 0. The second-order valence-electron chi connectivity index (χ2n) is 3.02. The smallest absolute Gasteiger partial charge is 0.153 e. The molecule has 0 saturated heterocycles. The molecule has 0 aliphatic heterocycles. The molecule has 0 atom stereocenters. The predicted molar refractivity (Wildman–Crippen MR) is 53.2 cm³/mol. The van der Waals surface area contributed by atoms with Crippen LogP contribution in [0.5, 0.6) is 0 Å². The van der Waals surface area contributed by atoms with Crippen molar-refractivity contribution in [2.45, 2.75) is 6.42 Å². The summed E-state index contributed by atoms with van der Waals surface area (Å²) in [7, 11) is 0. The van der Waals surface area contributed by atoms with Crippen molar-refractivity contribution in [2.24, 2.45) is 0 Å². The maximum absolute atomic E-state index is 10.6. The third kappa shape index (κ3) is 1.98. The minimum Gasteiger partial charge on any atom is -0.382 e. The molecule has 2 heterocycles. The fraction of sp³-hybridized carbons (Fsp3) is 0.111. The van der Waals surface area contributed by atoms with Crippen LogP contribution in [-0.4, -0.2) is 26.5 Å². The lowest BCUT2D eigenvalue weighted by molar-refractivity contribution is 0.112. The predicted octanol–water partition coefficient (Wildman–Crippen LogP) is 0.185. The molecule has 0 radical (unpaired) electrons. The van der Waals surface area contributed by atoms with Gasteiger partial charge in [0, 0.05) is 18.8 Å². The Kier molecular flexibility index (Phi) is 2.40. The maximum atomic E-state index is 10.6. The second-order valence-corrected chi connectivity index (χ2v) is 3.02. The van der Waals surface area contributed by atoms with Gasteiger partial charge < -0.3 is 5.73 Å². The van der Waals surface area contributed by atoms with Crippen LogP contribution in [0.25, 0.3) is 0 Å². The molecule has 0 aliphatic rings. The van der Waals surface area contributed by atoms with Gasteiger partial charge in [0.25, 0.3) is 0 Å². The number of hydrogen-bond donors (Lipinski definition) is 2. The summed E-state index contributed by atoms with van der Waals surface area (Å²) >= 11 is 0. The van der Waals surface area contributed by atoms with E-state index in [1.165, 1.54) is 6.20 Å². The highest BCUT2D eigenvalue weighted by atomic mass is 16.1. The van der Waals surface area contributed by atoms with Gasteiger partial charge in [-0.1, -0.05) is 0 Å². The highest BCUT2D eigenvalue weighted by Crippen LogP contribution is 2.08. The number of carbonyl (C=O) groups excluding carboxylic acids is 1. The zero-order chi connectivity index (χ0) is 10.7. The Morgan fingerprint density at radius 1 is 1.47 bits per heavy atom. The van der Waals surface area contributed by atoms with E-state index < -0.39 is 0 Å². The van der Waals surface area contributed by atoms with Crippen LogP contribution in [-0.2, 0) is 6.42 Å². The van der Waals surface area contributed by atoms with E-state index in [4.69, 9.17) is 5.73 Å². The molecule has 0 fully saturated rings. The van der Waals surface area contributed by atoms with E-state index in [1.807, 2.05) is 0 Å². The topological polar surface area (TPSA) is 97.5 Å². The molecule has 2 aromatic rings. The third-order valence-electron chi connectivity index (χ3n) is 1.93. The maximum Gasteiger partial charge on any atom is 0.153 e. The molecule has 0 aliphatic carbocycles. The highest BCUT2D eigenvalue weighted by Gasteiger charge is 2.06. The first-order valence-corrected chi connectivity index (χ1v) is 4.34. The van der Waals surface area contributed by atoms with Crippen molar-refractivity contribution < 1.29 is 4.79 Å². The van der Waals surface area contributed by atoms with Crippen LogP contribution in [0.15, 0.2) is 18.6 Å². The van der Waals surface area contributed by atoms with Gasteiger partial charge in [0.1, 0.15) is 5.82 Å². The molecule has 2 rings (SSSR count). The van der Waals surface area contributed by atoms with Gasteiger partial charge in [0.05, 0.1) is 23.1 Å². The lowest BCUT2D eigenvalue weighted by Gasteiger charge is -1.98. The van der Waals surface area contributed by atoms with Gasteiger partial charge in [-0.3, -0.25) is 14.9 Å². The van der Waals surface area contributed by atoms with E-state index in [-0.39, 0.29) is 0 Å². The normalized spacial score (nSPS) is 10.1. The number of nitrogens with two attached hydrogens (primary N) is 1. The summed E-state index contributed by atoms with van der Waals surface area (Å²) in [5.41, 5.74) is 7.34. The van der Waals surface area contributed by atoms with Crippen LogP contribution < -0.4 is 5.73 Å². The SMILES string of the molecule is Nc1cncc(Cc2n[nH]cc2C=O)n1. The minimum atomic E-state index is 0.357. The van der Waals surface area contributed by atoms with Crippen LogP contribution in [0, 0.1) is 0 Å². The highest BCUT2D eigenvalue weighted by molar-refractivity contribution is 5.76. The summed E-state index contributed by atoms with van der Waals surface area (Å²) in [5, 5.41) is 6.57. The Hall–Kier alpha value is -2.24. The Balaban J connectivity index is 2.25. The molecular weight excluding hydrogens is 194 g/mol. The van der Waals surface area contributed by atoms with E-state index in [0.29, 0.717) is 29.2 Å². The van der Waals surface area contributed by atoms with Crippen molar-refractivity contribution in [1.29, 1.82) is 0 Å². The van der Waals surface area contributed by atoms with Crippen molar-refractivity contribution in [3.05, 3.63) is 35.5 Å². The number of aromatic nitrogens is 4. The summed E-state index contributed by atoms with van der Waals surface area (Å²) in [6.07, 6.45) is 5.80. The van der Waals surface area contributed by atoms with E-state index in [1.54, 1.807) is 12.4 Å². The van der Waals surface area contributed by atoms with Gasteiger partial charge in [-0.25, -0.2) is 4.98 Å². The largest absolute Gasteiger partial charge is 0.382 e. The van der Waals surface area contributed by atoms with Crippen molar-refractivity contribution in [3.8, 4) is 0 Å². The molecule has 6 heteroatoms. The molecule has 0 unspecified atom stereocenters. The Morgan fingerprint density at radius 2 is 2.33 bits per heavy atom. The molecule has 0 aromatic carbocycles. The fourth-order valence-corrected chi connectivity index (χ4v) is 1.25. The Morgan fingerprint density at radius 3 is 3.07 bits per heavy atom. The van der Waals surface area contributed by atoms with E-state index >= 15 is 0 Å². The summed E-state index contributed by atoms with van der Waals surface area (Å²) in [4.78, 5) is 18.6. The van der Waals surface area contributed by atoms with Crippen LogP contribution in [0.4, 0.5) is 5.82 Å². The zero-order valence-electron chi connectivity index (χ0n) is 7.84. The van der Waals surface area contributed by atoms with Gasteiger partial charge in [0.15, 0.2) is 6.29 Å². The molecule has 6 nitrogen and oxygen atoms in total. The van der Waals surface area contributed by atoms with E-state index in [0.717, 1.165) is 6.29 Å². The van der Waals surface area contributed by atoms with Gasteiger partial charge in [-0.05, 0) is 0 Å². The van der Waals surface area contributed by atoms with Crippen molar-refractivity contribution in [2.75, 3.05) is 5.73 Å². The van der Waals surface area contributed by atoms with Gasteiger partial charge in [-0.15, -0.1) is 0 Å². The van der Waals surface area contributed by atoms with Crippen molar-refractivity contribution >= 4 is 12.1 Å². The van der Waals surface area contributed by atoms with Gasteiger partial charge in [0.2, 0.25) is 0 Å². The quantitative estimate of drug-likeness (QED) is 0.693. The number of H-pyrrole nitrogens is 1. The second kappa shape index (κ2) is 3.87. The van der Waals surface area contributed by atoms with Crippen LogP contribution in [0.1, 0.15) is 21.7 Å². The number of carbonyl (C=O) groups is 1. The molecule has 76 valence electrons. The molecule has 0 bridgehead atoms. The first-order chi connectivity index (χ1) is 7.29. The van der Waals surface area contributed by atoms with Gasteiger partial charge in [-0.2, -0.15) is 5.10 Å². The number of hydrogen-bond acceptors (Lipinski definition) is 5. The molecule has 0 saturated carbocycles. The third-order valence-corrected chi connectivity index (χ3v) is 1.93. The summed E-state index contributed by atoms with van der Waals surface area (Å²) in [5.74, 6) is 0.357. The first-order valence-electron chi connectivity index (χ1n) is 4.34. The minimum absolute atomic E-state index is 0.357. The molecular formula is C9H9N5O. The first kappa shape index (κ1) is 9.32. The van der Waals surface area contributed by atoms with Gasteiger partial charge >= 0.3 is 0 Å². The molecule has 0 spiro atoms. The summed E-state index contributed by atoms with van der Waals surface area (Å²) < 4.78 is 0. The number of nitrogens with zero attached hydrogens (tertiary/aromatic N) is 3. The van der Waals surface area contributed by atoms with Crippen LogP contribution in [0.3, 0.4) is 0 Å². The number of aldehydes is 1. The van der Waals surface area contributed by atoms with E-state index in [2.05, 4.69) is 20.2 Å². The van der Waals surface area contributed by atoms with Crippen LogP contribution in [0.2, 0.25) is 0 Å². The van der Waals surface area contributed by atoms with Crippen molar-refractivity contribution in [3.63, 3.8) is 0 Å². The zero-order valence-corrected chi connectivity index (χ0v) is 7.84. The monoisotopic (exact) mass is 203 g/mol. The standard InChI is InChI=1S/C9H9N5O/c10-9-4-11-3-7(13-9)1-8-6(5-15)2-12-14-8/h2-5H,1H2,(H2,10,13)(H,12,14). The number of aromatic amines is 1. The lowest BCUT2D eigenvalue weighted by Crippen LogP contribution is -2.00. The number of rotatable bonds is 3. The number of nitrogens with one attached hydrogen (secondary N) is 1. The van der Waals surface area contributed by atoms with Crippen molar-refractivity contribution in [1.82, 2.24) is 20.2 Å². The van der Waals surface area contributed by atoms with E-state index in [9.17, 15) is 4.79 Å². The number of nitrogen functional groups attached to an aromatic ring is 1. The molecule has 2 aromatic heterocycles. The average Bonchev–Trinajstić information content (AvgIpc) is 2.65. The molecule has 3 N–H and O–H groups in total. The Bertz CT molecular complexity index is 479. The molecule has 0 amide bonds. The fourth-order valence-electron chi connectivity index (χ4n) is 1.25. The lowest BCUT2D eigenvalue weighted by atomic mass is 10.2.